The van der Waals surface area contributed by atoms with Gasteiger partial charge in [-0.1, -0.05) is 22.9 Å². The molecule has 0 saturated carbocycles. The SMILES string of the molecule is Cc1[nH]ncc1C1CCN(C(=O)c2cn(-c3cccc(Cl)c3)nn2)CC1. The molecule has 1 aliphatic heterocycles. The molecule has 0 bridgehead atoms. The average Bonchev–Trinajstić information content (AvgIpc) is 3.30. The van der Waals surface area contributed by atoms with E-state index < -0.39 is 0 Å². The number of aryl methyl sites for hydroxylation is 1. The number of rotatable bonds is 3. The summed E-state index contributed by atoms with van der Waals surface area (Å²) in [4.78, 5) is 14.6. The normalized spacial score (nSPS) is 15.4. The summed E-state index contributed by atoms with van der Waals surface area (Å²) in [6, 6.07) is 7.28. The zero-order valence-corrected chi connectivity index (χ0v) is 15.1. The minimum Gasteiger partial charge on any atom is -0.337 e. The number of amides is 1. The maximum atomic E-state index is 12.7. The highest BCUT2D eigenvalue weighted by atomic mass is 35.5. The number of aromatic amines is 1. The van der Waals surface area contributed by atoms with Crippen molar-refractivity contribution < 1.29 is 4.79 Å². The van der Waals surface area contributed by atoms with E-state index in [2.05, 4.69) is 20.5 Å². The molecule has 1 N–H and O–H groups in total. The third-order valence-corrected chi connectivity index (χ3v) is 5.11. The Labute approximate surface area is 156 Å². The summed E-state index contributed by atoms with van der Waals surface area (Å²) in [5.74, 6) is 0.362. The molecule has 0 aliphatic carbocycles. The van der Waals surface area contributed by atoms with E-state index in [0.29, 0.717) is 29.7 Å². The Morgan fingerprint density at radius 3 is 2.81 bits per heavy atom. The van der Waals surface area contributed by atoms with Crippen LogP contribution in [0.1, 0.15) is 40.5 Å². The number of halogens is 1. The fourth-order valence-corrected chi connectivity index (χ4v) is 3.62. The van der Waals surface area contributed by atoms with Crippen molar-refractivity contribution >= 4 is 17.5 Å². The van der Waals surface area contributed by atoms with Gasteiger partial charge in [-0.2, -0.15) is 5.10 Å². The molecule has 3 heterocycles. The van der Waals surface area contributed by atoms with E-state index in [1.165, 1.54) is 5.56 Å². The van der Waals surface area contributed by atoms with Crippen LogP contribution in [0.25, 0.3) is 5.69 Å². The maximum absolute atomic E-state index is 12.7. The minimum atomic E-state index is -0.0827. The van der Waals surface area contributed by atoms with Crippen molar-refractivity contribution in [2.24, 2.45) is 0 Å². The summed E-state index contributed by atoms with van der Waals surface area (Å²) in [5, 5.41) is 15.8. The van der Waals surface area contributed by atoms with Gasteiger partial charge in [-0.05, 0) is 49.4 Å². The zero-order valence-electron chi connectivity index (χ0n) is 14.4. The fourth-order valence-electron chi connectivity index (χ4n) is 3.43. The van der Waals surface area contributed by atoms with Crippen LogP contribution < -0.4 is 0 Å². The molecule has 0 radical (unpaired) electrons. The Hall–Kier alpha value is -2.67. The van der Waals surface area contributed by atoms with Crippen molar-refractivity contribution in [3.63, 3.8) is 0 Å². The van der Waals surface area contributed by atoms with Gasteiger partial charge in [0.1, 0.15) is 0 Å². The molecule has 7 nitrogen and oxygen atoms in total. The Kier molecular flexibility index (Phi) is 4.46. The van der Waals surface area contributed by atoms with Crippen LogP contribution in [-0.4, -0.2) is 49.1 Å². The number of nitrogens with one attached hydrogen (secondary N) is 1. The third kappa shape index (κ3) is 3.22. The maximum Gasteiger partial charge on any atom is 0.276 e. The van der Waals surface area contributed by atoms with Gasteiger partial charge in [0.05, 0.1) is 18.1 Å². The van der Waals surface area contributed by atoms with Crippen LogP contribution in [0.15, 0.2) is 36.7 Å². The number of H-pyrrole nitrogens is 1. The van der Waals surface area contributed by atoms with Crippen LogP contribution in [0.2, 0.25) is 5.02 Å². The van der Waals surface area contributed by atoms with Crippen LogP contribution in [0.5, 0.6) is 0 Å². The zero-order chi connectivity index (χ0) is 18.1. The van der Waals surface area contributed by atoms with Gasteiger partial charge in [-0.15, -0.1) is 5.10 Å². The van der Waals surface area contributed by atoms with E-state index >= 15 is 0 Å². The molecular weight excluding hydrogens is 352 g/mol. The van der Waals surface area contributed by atoms with Gasteiger partial charge >= 0.3 is 0 Å². The van der Waals surface area contributed by atoms with Crippen molar-refractivity contribution in [2.75, 3.05) is 13.1 Å². The summed E-state index contributed by atoms with van der Waals surface area (Å²) >= 11 is 6.01. The summed E-state index contributed by atoms with van der Waals surface area (Å²) in [5.41, 5.74) is 3.49. The van der Waals surface area contributed by atoms with Crippen molar-refractivity contribution in [3.8, 4) is 5.69 Å². The number of nitrogens with zero attached hydrogens (tertiary/aromatic N) is 5. The molecule has 1 fully saturated rings. The molecule has 2 aromatic heterocycles. The van der Waals surface area contributed by atoms with Gasteiger partial charge in [-0.3, -0.25) is 9.89 Å². The lowest BCUT2D eigenvalue weighted by Crippen LogP contribution is -2.38. The lowest BCUT2D eigenvalue weighted by Gasteiger charge is -2.31. The second kappa shape index (κ2) is 6.92. The highest BCUT2D eigenvalue weighted by Crippen LogP contribution is 2.29. The van der Waals surface area contributed by atoms with Crippen LogP contribution in [0, 0.1) is 6.92 Å². The Morgan fingerprint density at radius 2 is 2.12 bits per heavy atom. The predicted octanol–water partition coefficient (Wildman–Crippen LogP) is 2.97. The van der Waals surface area contributed by atoms with Gasteiger partial charge in [0.25, 0.3) is 5.91 Å². The van der Waals surface area contributed by atoms with Crippen LogP contribution in [0.3, 0.4) is 0 Å². The topological polar surface area (TPSA) is 79.7 Å². The molecule has 3 aromatic rings. The molecule has 0 atom stereocenters. The van der Waals surface area contributed by atoms with Crippen LogP contribution in [0.4, 0.5) is 0 Å². The highest BCUT2D eigenvalue weighted by molar-refractivity contribution is 6.30. The van der Waals surface area contributed by atoms with Crippen molar-refractivity contribution in [3.05, 3.63) is 58.6 Å². The Balaban J connectivity index is 1.44. The standard InChI is InChI=1S/C18H19ClN6O/c1-12-16(10-20-21-12)13-5-7-24(8-6-13)18(26)17-11-25(23-22-17)15-4-2-3-14(19)9-15/h2-4,9-11,13H,5-8H2,1H3,(H,20,21). The summed E-state index contributed by atoms with van der Waals surface area (Å²) in [6.07, 6.45) is 5.40. The van der Waals surface area contributed by atoms with Gasteiger partial charge < -0.3 is 4.90 Å². The monoisotopic (exact) mass is 370 g/mol. The van der Waals surface area contributed by atoms with Crippen LogP contribution >= 0.6 is 11.6 Å². The molecule has 134 valence electrons. The molecular formula is C18H19ClN6O. The van der Waals surface area contributed by atoms with E-state index in [0.717, 1.165) is 24.2 Å². The summed E-state index contributed by atoms with van der Waals surface area (Å²) < 4.78 is 1.57. The number of benzene rings is 1. The van der Waals surface area contributed by atoms with Crippen molar-refractivity contribution in [1.82, 2.24) is 30.1 Å². The molecule has 4 rings (SSSR count). The van der Waals surface area contributed by atoms with Gasteiger partial charge in [0, 0.05) is 23.8 Å². The minimum absolute atomic E-state index is 0.0827. The van der Waals surface area contributed by atoms with Crippen molar-refractivity contribution in [1.29, 1.82) is 0 Å². The van der Waals surface area contributed by atoms with Crippen LogP contribution in [-0.2, 0) is 0 Å². The van der Waals surface area contributed by atoms with E-state index in [1.54, 1.807) is 23.0 Å². The molecule has 26 heavy (non-hydrogen) atoms. The molecule has 1 saturated heterocycles. The van der Waals surface area contributed by atoms with Crippen molar-refractivity contribution in [2.45, 2.75) is 25.7 Å². The van der Waals surface area contributed by atoms with E-state index in [1.807, 2.05) is 30.2 Å². The quantitative estimate of drug-likeness (QED) is 0.768. The molecule has 0 spiro atoms. The number of aromatic nitrogens is 5. The first-order valence-corrected chi connectivity index (χ1v) is 8.97. The largest absolute Gasteiger partial charge is 0.337 e. The smallest absolute Gasteiger partial charge is 0.276 e. The molecule has 1 aromatic carbocycles. The highest BCUT2D eigenvalue weighted by Gasteiger charge is 2.27. The number of carbonyl (C=O) groups is 1. The Bertz CT molecular complexity index is 925. The lowest BCUT2D eigenvalue weighted by atomic mass is 9.90. The first-order valence-electron chi connectivity index (χ1n) is 8.59. The molecule has 1 amide bonds. The molecule has 8 heteroatoms. The molecule has 1 aliphatic rings. The average molecular weight is 371 g/mol. The van der Waals surface area contributed by atoms with Gasteiger partial charge in [-0.25, -0.2) is 4.68 Å². The Morgan fingerprint density at radius 1 is 1.31 bits per heavy atom. The summed E-state index contributed by atoms with van der Waals surface area (Å²) in [6.45, 7) is 3.45. The number of hydrogen-bond acceptors (Lipinski definition) is 4. The second-order valence-electron chi connectivity index (χ2n) is 6.55. The lowest BCUT2D eigenvalue weighted by molar-refractivity contribution is 0.0707. The number of likely N-dealkylation sites (tertiary alicyclic amines) is 1. The van der Waals surface area contributed by atoms with E-state index in [4.69, 9.17) is 11.6 Å². The first-order chi connectivity index (χ1) is 12.6. The summed E-state index contributed by atoms with van der Waals surface area (Å²) in [7, 11) is 0. The first kappa shape index (κ1) is 16.8. The number of carbonyl (C=O) groups excluding carboxylic acids is 1. The van der Waals surface area contributed by atoms with E-state index in [9.17, 15) is 4.79 Å². The molecule has 0 unspecified atom stereocenters. The number of hydrogen-bond donors (Lipinski definition) is 1. The fraction of sp³-hybridized carbons (Fsp3) is 0.333. The number of piperidine rings is 1. The van der Waals surface area contributed by atoms with Gasteiger partial charge in [0.2, 0.25) is 0 Å². The van der Waals surface area contributed by atoms with Gasteiger partial charge in [0.15, 0.2) is 5.69 Å². The predicted molar refractivity (Wildman–Crippen MR) is 97.6 cm³/mol. The van der Waals surface area contributed by atoms with E-state index in [-0.39, 0.29) is 5.91 Å². The third-order valence-electron chi connectivity index (χ3n) is 4.88. The second-order valence-corrected chi connectivity index (χ2v) is 6.98.